The summed E-state index contributed by atoms with van der Waals surface area (Å²) in [5.74, 6) is -0.371. The van der Waals surface area contributed by atoms with Crippen LogP contribution in [-0.2, 0) is 4.79 Å². The Balaban J connectivity index is 0.000000589. The molecule has 4 rings (SSSR count). The largest absolute Gasteiger partial charge is 0.481 e. The molecule has 4 aromatic rings. The highest BCUT2D eigenvalue weighted by Crippen LogP contribution is 2.23. The van der Waals surface area contributed by atoms with E-state index in [1.165, 1.54) is 0 Å². The molecule has 0 spiro atoms. The van der Waals surface area contributed by atoms with Gasteiger partial charge in [0.05, 0.1) is 5.52 Å². The maximum atomic E-state index is 12.6. The van der Waals surface area contributed by atoms with Crippen molar-refractivity contribution in [2.75, 3.05) is 16.4 Å². The van der Waals surface area contributed by atoms with Crippen LogP contribution in [0, 0.1) is 0 Å². The number of fused-ring (bicyclic) bond motifs is 1. The monoisotopic (exact) mass is 405 g/mol. The lowest BCUT2D eigenvalue weighted by Gasteiger charge is -2.06. The Morgan fingerprint density at radius 1 is 1.07 bits per heavy atom. The molecule has 10 heteroatoms. The number of carbonyl (C=O) groups is 2. The van der Waals surface area contributed by atoms with Crippen molar-refractivity contribution in [3.63, 3.8) is 0 Å². The lowest BCUT2D eigenvalue weighted by molar-refractivity contribution is -0.134. The van der Waals surface area contributed by atoms with Crippen molar-refractivity contribution >= 4 is 45.9 Å². The van der Waals surface area contributed by atoms with Crippen molar-refractivity contribution in [3.05, 3.63) is 66.5 Å². The van der Waals surface area contributed by atoms with Crippen LogP contribution in [0.15, 0.2) is 60.8 Å². The van der Waals surface area contributed by atoms with Gasteiger partial charge < -0.3 is 21.5 Å². The topological polar surface area (TPSA) is 159 Å². The van der Waals surface area contributed by atoms with Crippen LogP contribution in [-0.4, -0.2) is 37.1 Å². The van der Waals surface area contributed by atoms with E-state index in [1.54, 1.807) is 12.3 Å². The van der Waals surface area contributed by atoms with Crippen molar-refractivity contribution in [3.8, 4) is 0 Å². The number of para-hydroxylation sites is 1. The van der Waals surface area contributed by atoms with Crippen LogP contribution in [0.3, 0.4) is 0 Å². The summed E-state index contributed by atoms with van der Waals surface area (Å²) in [6.07, 6.45) is 1.57. The first-order valence-corrected chi connectivity index (χ1v) is 8.82. The number of aliphatic carboxylic acids is 1. The van der Waals surface area contributed by atoms with E-state index < -0.39 is 5.97 Å². The van der Waals surface area contributed by atoms with Gasteiger partial charge in [-0.05, 0) is 36.4 Å². The van der Waals surface area contributed by atoms with Gasteiger partial charge in [0.2, 0.25) is 5.95 Å². The summed E-state index contributed by atoms with van der Waals surface area (Å²) in [6, 6.07) is 16.5. The smallest absolute Gasteiger partial charge is 0.300 e. The molecule has 0 atom stereocenters. The van der Waals surface area contributed by atoms with Gasteiger partial charge in [-0.3, -0.25) is 14.7 Å². The van der Waals surface area contributed by atoms with Crippen LogP contribution >= 0.6 is 0 Å². The van der Waals surface area contributed by atoms with E-state index in [-0.39, 0.29) is 11.9 Å². The number of nitrogens with one attached hydrogen (secondary N) is 3. The number of aromatic nitrogens is 4. The molecule has 0 aliphatic rings. The average Bonchev–Trinajstić information content (AvgIpc) is 3.12. The number of anilines is 4. The number of nitrogens with zero attached hydrogens (tertiary/aromatic N) is 3. The molecular weight excluding hydrogens is 386 g/mol. The van der Waals surface area contributed by atoms with Crippen molar-refractivity contribution in [2.24, 2.45) is 0 Å². The second-order valence-corrected chi connectivity index (χ2v) is 6.10. The molecule has 0 saturated heterocycles. The fraction of sp³-hybridized carbons (Fsp3) is 0.0500. The number of nitrogen functional groups attached to an aromatic ring is 1. The Kier molecular flexibility index (Phi) is 6.18. The van der Waals surface area contributed by atoms with Crippen molar-refractivity contribution in [2.45, 2.75) is 6.92 Å². The second-order valence-electron chi connectivity index (χ2n) is 6.10. The van der Waals surface area contributed by atoms with E-state index in [0.717, 1.165) is 18.1 Å². The summed E-state index contributed by atoms with van der Waals surface area (Å²) >= 11 is 0. The Morgan fingerprint density at radius 2 is 1.80 bits per heavy atom. The van der Waals surface area contributed by atoms with Crippen LogP contribution in [0.25, 0.3) is 10.9 Å². The fourth-order valence-corrected chi connectivity index (χ4v) is 2.57. The Hall–Kier alpha value is -4.47. The Morgan fingerprint density at radius 3 is 2.50 bits per heavy atom. The van der Waals surface area contributed by atoms with Crippen LogP contribution in [0.1, 0.15) is 17.4 Å². The second kappa shape index (κ2) is 9.15. The Bertz CT molecular complexity index is 1170. The molecule has 2 aromatic carbocycles. The number of rotatable bonds is 4. The molecule has 10 nitrogen and oxygen atoms in total. The molecule has 0 fully saturated rings. The summed E-state index contributed by atoms with van der Waals surface area (Å²) in [4.78, 5) is 29.5. The van der Waals surface area contributed by atoms with Gasteiger partial charge in [-0.2, -0.15) is 10.1 Å². The molecule has 0 aliphatic carbocycles. The number of carbonyl (C=O) groups excluding carboxylic acids is 1. The van der Waals surface area contributed by atoms with Gasteiger partial charge in [-0.1, -0.05) is 18.2 Å². The van der Waals surface area contributed by atoms with Crippen LogP contribution in [0.5, 0.6) is 0 Å². The van der Waals surface area contributed by atoms with E-state index in [0.29, 0.717) is 22.6 Å². The highest BCUT2D eigenvalue weighted by Gasteiger charge is 2.15. The van der Waals surface area contributed by atoms with Gasteiger partial charge in [0.1, 0.15) is 5.82 Å². The van der Waals surface area contributed by atoms with Crippen molar-refractivity contribution in [1.29, 1.82) is 0 Å². The van der Waals surface area contributed by atoms with E-state index in [4.69, 9.17) is 15.6 Å². The van der Waals surface area contributed by atoms with E-state index in [2.05, 4.69) is 30.8 Å². The average molecular weight is 405 g/mol. The lowest BCUT2D eigenvalue weighted by Crippen LogP contribution is -2.12. The van der Waals surface area contributed by atoms with Gasteiger partial charge in [0.15, 0.2) is 5.69 Å². The number of amides is 1. The first-order chi connectivity index (χ1) is 14.4. The van der Waals surface area contributed by atoms with Gasteiger partial charge in [-0.15, -0.1) is 0 Å². The molecular formula is C20H19N7O3. The minimum Gasteiger partial charge on any atom is -0.481 e. The number of hydrogen-bond acceptors (Lipinski definition) is 7. The number of aromatic amines is 1. The zero-order chi connectivity index (χ0) is 21.5. The SMILES string of the molecule is CC(=O)O.Nc1nccc(Nc2ccc3[nH]nc(C(=O)Nc4ccccc4)c3c2)n1. The molecule has 0 saturated carbocycles. The van der Waals surface area contributed by atoms with Crippen molar-refractivity contribution < 1.29 is 14.7 Å². The summed E-state index contributed by atoms with van der Waals surface area (Å²) < 4.78 is 0. The van der Waals surface area contributed by atoms with Crippen LogP contribution < -0.4 is 16.4 Å². The molecule has 0 radical (unpaired) electrons. The van der Waals surface area contributed by atoms with Gasteiger partial charge in [0.25, 0.3) is 11.9 Å². The molecule has 0 bridgehead atoms. The minimum absolute atomic E-state index is 0.183. The zero-order valence-electron chi connectivity index (χ0n) is 16.0. The molecule has 2 heterocycles. The zero-order valence-corrected chi connectivity index (χ0v) is 16.0. The maximum Gasteiger partial charge on any atom is 0.300 e. The molecule has 1 amide bonds. The standard InChI is InChI=1S/C18H15N7O.C2H4O2/c19-18-20-9-8-15(23-18)21-12-6-7-14-13(10-12)16(25-24-14)17(26)22-11-4-2-1-3-5-11;1-2(3)4/h1-10H,(H,22,26)(H,24,25)(H3,19,20,21,23);1H3,(H,3,4). The molecule has 6 N–H and O–H groups in total. The third-order valence-electron chi connectivity index (χ3n) is 3.76. The summed E-state index contributed by atoms with van der Waals surface area (Å²) in [6.45, 7) is 1.08. The predicted octanol–water partition coefficient (Wildman–Crippen LogP) is 3.02. The highest BCUT2D eigenvalue weighted by atomic mass is 16.4. The molecule has 0 unspecified atom stereocenters. The molecule has 152 valence electrons. The van der Waals surface area contributed by atoms with Gasteiger partial charge >= 0.3 is 0 Å². The first kappa shape index (κ1) is 20.3. The van der Waals surface area contributed by atoms with Gasteiger partial charge in [-0.25, -0.2) is 4.98 Å². The number of nitrogens with two attached hydrogens (primary N) is 1. The highest BCUT2D eigenvalue weighted by molar-refractivity contribution is 6.11. The molecule has 30 heavy (non-hydrogen) atoms. The molecule has 0 aliphatic heterocycles. The quantitative estimate of drug-likeness (QED) is 0.346. The fourth-order valence-electron chi connectivity index (χ4n) is 2.57. The van der Waals surface area contributed by atoms with Gasteiger partial charge in [0, 0.05) is 29.9 Å². The number of carboxylic acids is 1. The lowest BCUT2D eigenvalue weighted by atomic mass is 10.1. The number of H-pyrrole nitrogens is 1. The predicted molar refractivity (Wildman–Crippen MR) is 114 cm³/mol. The normalized spacial score (nSPS) is 10.0. The van der Waals surface area contributed by atoms with E-state index in [9.17, 15) is 4.79 Å². The summed E-state index contributed by atoms with van der Waals surface area (Å²) in [5.41, 5.74) is 8.13. The number of benzene rings is 2. The number of carboxylic acid groups (broad SMARTS) is 1. The third kappa shape index (κ3) is 5.29. The summed E-state index contributed by atoms with van der Waals surface area (Å²) in [5, 5.41) is 21.1. The van der Waals surface area contributed by atoms with E-state index >= 15 is 0 Å². The van der Waals surface area contributed by atoms with Crippen LogP contribution in [0.2, 0.25) is 0 Å². The van der Waals surface area contributed by atoms with E-state index in [1.807, 2.05) is 48.5 Å². The number of hydrogen-bond donors (Lipinski definition) is 5. The third-order valence-corrected chi connectivity index (χ3v) is 3.76. The Labute approximate surface area is 171 Å². The molecule has 2 aromatic heterocycles. The summed E-state index contributed by atoms with van der Waals surface area (Å²) in [7, 11) is 0. The first-order valence-electron chi connectivity index (χ1n) is 8.82. The maximum absolute atomic E-state index is 12.6. The van der Waals surface area contributed by atoms with Crippen LogP contribution in [0.4, 0.5) is 23.1 Å². The minimum atomic E-state index is -0.833. The van der Waals surface area contributed by atoms with Crippen molar-refractivity contribution in [1.82, 2.24) is 20.2 Å².